The number of amides is 1. The first-order valence-corrected chi connectivity index (χ1v) is 9.58. The molecule has 0 bridgehead atoms. The van der Waals surface area contributed by atoms with E-state index >= 15 is 0 Å². The second kappa shape index (κ2) is 7.45. The van der Waals surface area contributed by atoms with Gasteiger partial charge in [0.15, 0.2) is 0 Å². The Morgan fingerprint density at radius 2 is 2.00 bits per heavy atom. The standard InChI is InChI=1S/C21H27ClN2O2/c1-14-11-18(16-5-4-6-17(22)12-16)19(23-14)20(25)24-9-7-15(8-10-24)13-21(2,3)26/h4-6,11-12,15,23,26H,7-10,13H2,1-3H3. The van der Waals surface area contributed by atoms with Crippen molar-refractivity contribution in [2.45, 2.75) is 45.6 Å². The van der Waals surface area contributed by atoms with Gasteiger partial charge in [0.25, 0.3) is 5.91 Å². The van der Waals surface area contributed by atoms with Crippen LogP contribution in [0.1, 0.15) is 49.3 Å². The second-order valence-corrected chi connectivity index (χ2v) is 8.44. The molecule has 1 aliphatic rings. The zero-order valence-corrected chi connectivity index (χ0v) is 16.4. The van der Waals surface area contributed by atoms with Gasteiger partial charge in [0, 0.05) is 29.4 Å². The SMILES string of the molecule is Cc1cc(-c2cccc(Cl)c2)c(C(=O)N2CCC(CC(C)(C)O)CC2)[nH]1. The number of aromatic amines is 1. The summed E-state index contributed by atoms with van der Waals surface area (Å²) in [5.74, 6) is 0.506. The third-order valence-electron chi connectivity index (χ3n) is 4.99. The van der Waals surface area contributed by atoms with Crippen molar-refractivity contribution in [3.63, 3.8) is 0 Å². The zero-order valence-electron chi connectivity index (χ0n) is 15.7. The Morgan fingerprint density at radius 3 is 2.62 bits per heavy atom. The summed E-state index contributed by atoms with van der Waals surface area (Å²) in [7, 11) is 0. The Balaban J connectivity index is 1.75. The molecule has 0 unspecified atom stereocenters. The number of halogens is 1. The third-order valence-corrected chi connectivity index (χ3v) is 5.23. The molecule has 1 aromatic carbocycles. The molecular formula is C21H27ClN2O2. The fourth-order valence-electron chi connectivity index (χ4n) is 3.85. The Kier molecular flexibility index (Phi) is 5.44. The van der Waals surface area contributed by atoms with Gasteiger partial charge < -0.3 is 15.0 Å². The van der Waals surface area contributed by atoms with Crippen molar-refractivity contribution in [3.05, 3.63) is 46.7 Å². The lowest BCUT2D eigenvalue weighted by atomic mass is 9.86. The number of likely N-dealkylation sites (tertiary alicyclic amines) is 1. The number of aryl methyl sites for hydroxylation is 1. The lowest BCUT2D eigenvalue weighted by Crippen LogP contribution is -2.40. The van der Waals surface area contributed by atoms with Crippen molar-refractivity contribution < 1.29 is 9.90 Å². The summed E-state index contributed by atoms with van der Waals surface area (Å²) in [6.07, 6.45) is 2.65. The van der Waals surface area contributed by atoms with E-state index in [2.05, 4.69) is 4.98 Å². The van der Waals surface area contributed by atoms with Crippen molar-refractivity contribution in [1.82, 2.24) is 9.88 Å². The fourth-order valence-corrected chi connectivity index (χ4v) is 4.04. The first kappa shape index (κ1) is 19.0. The molecule has 1 aliphatic heterocycles. The molecule has 26 heavy (non-hydrogen) atoms. The van der Waals surface area contributed by atoms with Gasteiger partial charge in [0.1, 0.15) is 5.69 Å². The third kappa shape index (κ3) is 4.49. The summed E-state index contributed by atoms with van der Waals surface area (Å²) in [6.45, 7) is 7.12. The van der Waals surface area contributed by atoms with E-state index < -0.39 is 5.60 Å². The molecule has 2 N–H and O–H groups in total. The highest BCUT2D eigenvalue weighted by atomic mass is 35.5. The number of H-pyrrole nitrogens is 1. The van der Waals surface area contributed by atoms with Gasteiger partial charge in [-0.3, -0.25) is 4.79 Å². The van der Waals surface area contributed by atoms with Gasteiger partial charge >= 0.3 is 0 Å². The molecule has 3 rings (SSSR count). The summed E-state index contributed by atoms with van der Waals surface area (Å²) in [4.78, 5) is 18.2. The van der Waals surface area contributed by atoms with Gasteiger partial charge in [-0.15, -0.1) is 0 Å². The van der Waals surface area contributed by atoms with Crippen molar-refractivity contribution in [3.8, 4) is 11.1 Å². The largest absolute Gasteiger partial charge is 0.390 e. The first-order valence-electron chi connectivity index (χ1n) is 9.20. The number of nitrogens with one attached hydrogen (secondary N) is 1. The van der Waals surface area contributed by atoms with E-state index in [0.717, 1.165) is 49.2 Å². The summed E-state index contributed by atoms with van der Waals surface area (Å²) < 4.78 is 0. The van der Waals surface area contributed by atoms with Crippen LogP contribution in [0, 0.1) is 12.8 Å². The molecule has 5 heteroatoms. The van der Waals surface area contributed by atoms with Crippen LogP contribution in [0.5, 0.6) is 0 Å². The molecule has 0 atom stereocenters. The molecule has 2 heterocycles. The van der Waals surface area contributed by atoms with Gasteiger partial charge in [-0.25, -0.2) is 0 Å². The van der Waals surface area contributed by atoms with E-state index in [-0.39, 0.29) is 5.91 Å². The van der Waals surface area contributed by atoms with Crippen LogP contribution < -0.4 is 0 Å². The van der Waals surface area contributed by atoms with Gasteiger partial charge in [-0.05, 0) is 69.7 Å². The average molecular weight is 375 g/mol. The van der Waals surface area contributed by atoms with Crippen LogP contribution in [0.4, 0.5) is 0 Å². The minimum Gasteiger partial charge on any atom is -0.390 e. The summed E-state index contributed by atoms with van der Waals surface area (Å²) in [5, 5.41) is 10.7. The molecule has 0 aliphatic carbocycles. The summed E-state index contributed by atoms with van der Waals surface area (Å²) in [5.41, 5.74) is 2.79. The van der Waals surface area contributed by atoms with Crippen LogP contribution in [0.15, 0.2) is 30.3 Å². The van der Waals surface area contributed by atoms with E-state index in [0.29, 0.717) is 16.6 Å². The van der Waals surface area contributed by atoms with Crippen molar-refractivity contribution in [1.29, 1.82) is 0 Å². The van der Waals surface area contributed by atoms with E-state index in [4.69, 9.17) is 11.6 Å². The maximum atomic E-state index is 13.1. The Labute approximate surface area is 160 Å². The first-order chi connectivity index (χ1) is 12.2. The van der Waals surface area contributed by atoms with Crippen molar-refractivity contribution >= 4 is 17.5 Å². The molecule has 2 aromatic rings. The van der Waals surface area contributed by atoms with Crippen LogP contribution >= 0.6 is 11.6 Å². The number of carbonyl (C=O) groups excluding carboxylic acids is 1. The fraction of sp³-hybridized carbons (Fsp3) is 0.476. The Hall–Kier alpha value is -1.78. The number of benzene rings is 1. The van der Waals surface area contributed by atoms with Crippen molar-refractivity contribution in [2.75, 3.05) is 13.1 Å². The predicted octanol–water partition coefficient (Wildman–Crippen LogP) is 4.66. The maximum absolute atomic E-state index is 13.1. The van der Waals surface area contributed by atoms with E-state index in [9.17, 15) is 9.90 Å². The molecule has 140 valence electrons. The number of hydrogen-bond acceptors (Lipinski definition) is 2. The number of carbonyl (C=O) groups is 1. The van der Waals surface area contributed by atoms with Crippen LogP contribution in [0.25, 0.3) is 11.1 Å². The van der Waals surface area contributed by atoms with E-state index in [1.54, 1.807) is 0 Å². The molecular weight excluding hydrogens is 348 g/mol. The van der Waals surface area contributed by atoms with Gasteiger partial charge in [-0.1, -0.05) is 23.7 Å². The highest BCUT2D eigenvalue weighted by molar-refractivity contribution is 6.30. The topological polar surface area (TPSA) is 56.3 Å². The molecule has 4 nitrogen and oxygen atoms in total. The van der Waals surface area contributed by atoms with Crippen molar-refractivity contribution in [2.24, 2.45) is 5.92 Å². The number of piperidine rings is 1. The summed E-state index contributed by atoms with van der Waals surface area (Å²) >= 11 is 6.12. The number of aliphatic hydroxyl groups is 1. The number of hydrogen-bond donors (Lipinski definition) is 2. The molecule has 0 saturated carbocycles. The molecule has 1 aromatic heterocycles. The second-order valence-electron chi connectivity index (χ2n) is 8.00. The lowest BCUT2D eigenvalue weighted by Gasteiger charge is -2.34. The number of nitrogens with zero attached hydrogens (tertiary/aromatic N) is 1. The highest BCUT2D eigenvalue weighted by Crippen LogP contribution is 2.30. The molecule has 1 amide bonds. The average Bonchev–Trinajstić information content (AvgIpc) is 2.95. The molecule has 1 fully saturated rings. The van der Waals surface area contributed by atoms with E-state index in [1.807, 2.05) is 56.0 Å². The zero-order chi connectivity index (χ0) is 18.9. The minimum absolute atomic E-state index is 0.0368. The monoisotopic (exact) mass is 374 g/mol. The number of rotatable bonds is 4. The normalized spacial score (nSPS) is 16.1. The van der Waals surface area contributed by atoms with Crippen LogP contribution in [0.2, 0.25) is 5.02 Å². The highest BCUT2D eigenvalue weighted by Gasteiger charge is 2.29. The summed E-state index contributed by atoms with van der Waals surface area (Å²) in [6, 6.07) is 9.59. The maximum Gasteiger partial charge on any atom is 0.270 e. The predicted molar refractivity (Wildman–Crippen MR) is 106 cm³/mol. The van der Waals surface area contributed by atoms with E-state index in [1.165, 1.54) is 0 Å². The van der Waals surface area contributed by atoms with Crippen LogP contribution in [-0.4, -0.2) is 39.6 Å². The van der Waals surface area contributed by atoms with Gasteiger partial charge in [-0.2, -0.15) is 0 Å². The molecule has 0 spiro atoms. The Morgan fingerprint density at radius 1 is 1.31 bits per heavy atom. The van der Waals surface area contributed by atoms with Crippen LogP contribution in [0.3, 0.4) is 0 Å². The minimum atomic E-state index is -0.646. The quantitative estimate of drug-likeness (QED) is 0.817. The Bertz CT molecular complexity index is 784. The number of aromatic nitrogens is 1. The van der Waals surface area contributed by atoms with Gasteiger partial charge in [0.05, 0.1) is 5.60 Å². The molecule has 1 saturated heterocycles. The molecule has 0 radical (unpaired) electrons. The smallest absolute Gasteiger partial charge is 0.270 e. The van der Waals surface area contributed by atoms with Gasteiger partial charge in [0.2, 0.25) is 0 Å². The lowest BCUT2D eigenvalue weighted by molar-refractivity contribution is 0.0357. The van der Waals surface area contributed by atoms with Crippen LogP contribution in [-0.2, 0) is 0 Å².